The minimum atomic E-state index is -1.02. The van der Waals surface area contributed by atoms with Crippen LogP contribution in [0.1, 0.15) is 11.1 Å². The van der Waals surface area contributed by atoms with Crippen molar-refractivity contribution in [1.82, 2.24) is 0 Å². The van der Waals surface area contributed by atoms with Gasteiger partial charge >= 0.3 is 0 Å². The Hall–Kier alpha value is -2.46. The van der Waals surface area contributed by atoms with E-state index in [1.165, 1.54) is 0 Å². The summed E-state index contributed by atoms with van der Waals surface area (Å²) in [6.07, 6.45) is 0.593. The van der Waals surface area contributed by atoms with Crippen molar-refractivity contribution in [2.45, 2.75) is 6.29 Å². The van der Waals surface area contributed by atoms with Crippen molar-refractivity contribution in [2.75, 3.05) is 7.11 Å². The van der Waals surface area contributed by atoms with Crippen LogP contribution < -0.4 is 9.47 Å². The summed E-state index contributed by atoms with van der Waals surface area (Å²) >= 11 is 0. The highest BCUT2D eigenvalue weighted by molar-refractivity contribution is 5.84. The fraction of sp³-hybridized carbons (Fsp3) is 0.125. The third-order valence-electron chi connectivity index (χ3n) is 3.19. The first-order valence-electron chi connectivity index (χ1n) is 6.22. The van der Waals surface area contributed by atoms with Gasteiger partial charge in [0.15, 0.2) is 0 Å². The Labute approximate surface area is 116 Å². The summed E-state index contributed by atoms with van der Waals surface area (Å²) in [5.74, 6) is 1.39. The molecule has 2 aromatic rings. The van der Waals surface area contributed by atoms with Crippen LogP contribution >= 0.6 is 0 Å². The van der Waals surface area contributed by atoms with E-state index >= 15 is 0 Å². The number of ether oxygens (including phenoxy) is 2. The lowest BCUT2D eigenvalue weighted by molar-refractivity contribution is 0.0225. The van der Waals surface area contributed by atoms with Crippen LogP contribution in [0.5, 0.6) is 17.2 Å². The average molecular weight is 270 g/mol. The lowest BCUT2D eigenvalue weighted by atomic mass is 9.95. The van der Waals surface area contributed by atoms with E-state index in [9.17, 15) is 10.2 Å². The SMILES string of the molecule is COc1ccc2c(c1)OC(O)C=C2c1cccc(O)c1. The van der Waals surface area contributed by atoms with Gasteiger partial charge in [0.05, 0.1) is 7.11 Å². The number of hydrogen-bond acceptors (Lipinski definition) is 4. The molecule has 0 saturated carbocycles. The molecular formula is C16H14O4. The van der Waals surface area contributed by atoms with Crippen molar-refractivity contribution in [1.29, 1.82) is 0 Å². The first-order chi connectivity index (χ1) is 9.67. The molecule has 0 aromatic heterocycles. The number of phenols is 1. The Balaban J connectivity index is 2.12. The number of aromatic hydroxyl groups is 1. The zero-order valence-corrected chi connectivity index (χ0v) is 10.9. The second-order valence-electron chi connectivity index (χ2n) is 4.50. The zero-order valence-electron chi connectivity index (χ0n) is 10.9. The summed E-state index contributed by atoms with van der Waals surface area (Å²) in [5, 5.41) is 19.4. The van der Waals surface area contributed by atoms with Crippen molar-refractivity contribution in [3.63, 3.8) is 0 Å². The topological polar surface area (TPSA) is 58.9 Å². The van der Waals surface area contributed by atoms with Crippen molar-refractivity contribution >= 4 is 5.57 Å². The molecule has 0 bridgehead atoms. The van der Waals surface area contributed by atoms with E-state index in [0.29, 0.717) is 11.5 Å². The molecule has 2 N–H and O–H groups in total. The number of fused-ring (bicyclic) bond motifs is 1. The average Bonchev–Trinajstić information content (AvgIpc) is 2.45. The molecule has 1 aliphatic heterocycles. The van der Waals surface area contributed by atoms with E-state index in [4.69, 9.17) is 9.47 Å². The summed E-state index contributed by atoms with van der Waals surface area (Å²) < 4.78 is 10.5. The second kappa shape index (κ2) is 4.90. The molecule has 3 rings (SSSR count). The predicted molar refractivity (Wildman–Crippen MR) is 74.8 cm³/mol. The van der Waals surface area contributed by atoms with Crippen molar-refractivity contribution in [3.8, 4) is 17.2 Å². The first-order valence-corrected chi connectivity index (χ1v) is 6.22. The maximum absolute atomic E-state index is 9.82. The standard InChI is InChI=1S/C16H14O4/c1-19-12-5-6-13-14(9-16(18)20-15(13)8-12)10-3-2-4-11(17)7-10/h2-9,16-18H,1H3. The van der Waals surface area contributed by atoms with Gasteiger partial charge in [-0.1, -0.05) is 12.1 Å². The van der Waals surface area contributed by atoms with Gasteiger partial charge in [0.2, 0.25) is 6.29 Å². The molecule has 1 aliphatic rings. The molecular weight excluding hydrogens is 256 g/mol. The van der Waals surface area contributed by atoms with E-state index < -0.39 is 6.29 Å². The second-order valence-corrected chi connectivity index (χ2v) is 4.50. The van der Waals surface area contributed by atoms with Crippen LogP contribution in [0, 0.1) is 0 Å². The minimum Gasteiger partial charge on any atom is -0.508 e. The Morgan fingerprint density at radius 3 is 2.75 bits per heavy atom. The molecule has 0 amide bonds. The molecule has 0 aliphatic carbocycles. The monoisotopic (exact) mass is 270 g/mol. The van der Waals surface area contributed by atoms with Gasteiger partial charge in [-0.25, -0.2) is 0 Å². The van der Waals surface area contributed by atoms with Gasteiger partial charge in [-0.3, -0.25) is 0 Å². The summed E-state index contributed by atoms with van der Waals surface area (Å²) in [6, 6.07) is 12.3. The molecule has 0 saturated heterocycles. The predicted octanol–water partition coefficient (Wildman–Crippen LogP) is 2.54. The normalized spacial score (nSPS) is 16.9. The van der Waals surface area contributed by atoms with Crippen LogP contribution in [-0.4, -0.2) is 23.6 Å². The fourth-order valence-corrected chi connectivity index (χ4v) is 2.27. The lowest BCUT2D eigenvalue weighted by Gasteiger charge is -2.23. The quantitative estimate of drug-likeness (QED) is 0.880. The van der Waals surface area contributed by atoms with Gasteiger partial charge in [-0.2, -0.15) is 0 Å². The summed E-state index contributed by atoms with van der Waals surface area (Å²) in [7, 11) is 1.58. The van der Waals surface area contributed by atoms with Gasteiger partial charge in [0.25, 0.3) is 0 Å². The molecule has 0 fully saturated rings. The van der Waals surface area contributed by atoms with E-state index in [1.54, 1.807) is 37.5 Å². The smallest absolute Gasteiger partial charge is 0.218 e. The Morgan fingerprint density at radius 1 is 1.15 bits per heavy atom. The van der Waals surface area contributed by atoms with Gasteiger partial charge in [-0.15, -0.1) is 0 Å². The molecule has 102 valence electrons. The van der Waals surface area contributed by atoms with E-state index in [2.05, 4.69) is 0 Å². The molecule has 0 radical (unpaired) electrons. The number of methoxy groups -OCH3 is 1. The number of aliphatic hydroxyl groups excluding tert-OH is 1. The van der Waals surface area contributed by atoms with Crippen LogP contribution in [0.15, 0.2) is 48.5 Å². The number of rotatable bonds is 2. The number of aliphatic hydroxyl groups is 1. The highest BCUT2D eigenvalue weighted by Gasteiger charge is 2.21. The van der Waals surface area contributed by atoms with Crippen molar-refractivity contribution in [3.05, 3.63) is 59.7 Å². The largest absolute Gasteiger partial charge is 0.508 e. The molecule has 1 unspecified atom stereocenters. The van der Waals surface area contributed by atoms with Gasteiger partial charge in [-0.05, 0) is 41.5 Å². The van der Waals surface area contributed by atoms with Gasteiger partial charge in [0, 0.05) is 11.6 Å². The third-order valence-corrected chi connectivity index (χ3v) is 3.19. The van der Waals surface area contributed by atoms with Crippen LogP contribution in [-0.2, 0) is 0 Å². The Kier molecular flexibility index (Phi) is 3.08. The maximum Gasteiger partial charge on any atom is 0.218 e. The van der Waals surface area contributed by atoms with Crippen molar-refractivity contribution < 1.29 is 19.7 Å². The number of benzene rings is 2. The Morgan fingerprint density at radius 2 is 2.00 bits per heavy atom. The van der Waals surface area contributed by atoms with E-state index in [1.807, 2.05) is 18.2 Å². The molecule has 4 nitrogen and oxygen atoms in total. The molecule has 2 aromatic carbocycles. The van der Waals surface area contributed by atoms with E-state index in [0.717, 1.165) is 16.7 Å². The number of phenolic OH excluding ortho intramolecular Hbond substituents is 1. The summed E-state index contributed by atoms with van der Waals surface area (Å²) in [5.41, 5.74) is 2.48. The third kappa shape index (κ3) is 2.21. The van der Waals surface area contributed by atoms with Crippen LogP contribution in [0.3, 0.4) is 0 Å². The minimum absolute atomic E-state index is 0.180. The fourth-order valence-electron chi connectivity index (χ4n) is 2.27. The summed E-state index contributed by atoms with van der Waals surface area (Å²) in [4.78, 5) is 0. The number of hydrogen-bond donors (Lipinski definition) is 2. The van der Waals surface area contributed by atoms with Crippen molar-refractivity contribution in [2.24, 2.45) is 0 Å². The molecule has 1 heterocycles. The highest BCUT2D eigenvalue weighted by atomic mass is 16.6. The first kappa shape index (κ1) is 12.6. The highest BCUT2D eigenvalue weighted by Crippen LogP contribution is 2.38. The lowest BCUT2D eigenvalue weighted by Crippen LogP contribution is -2.18. The summed E-state index contributed by atoms with van der Waals surface area (Å²) in [6.45, 7) is 0. The van der Waals surface area contributed by atoms with Gasteiger partial charge < -0.3 is 19.7 Å². The van der Waals surface area contributed by atoms with Gasteiger partial charge in [0.1, 0.15) is 17.2 Å². The maximum atomic E-state index is 9.82. The van der Waals surface area contributed by atoms with Crippen LogP contribution in [0.4, 0.5) is 0 Å². The van der Waals surface area contributed by atoms with E-state index in [-0.39, 0.29) is 5.75 Å². The van der Waals surface area contributed by atoms with Crippen LogP contribution in [0.25, 0.3) is 5.57 Å². The molecule has 0 spiro atoms. The molecule has 4 heteroatoms. The zero-order chi connectivity index (χ0) is 14.1. The Bertz CT molecular complexity index is 676. The molecule has 1 atom stereocenters. The van der Waals surface area contributed by atoms with Crippen LogP contribution in [0.2, 0.25) is 0 Å². The molecule has 20 heavy (non-hydrogen) atoms.